The van der Waals surface area contributed by atoms with Crippen molar-refractivity contribution in [3.63, 3.8) is 0 Å². The van der Waals surface area contributed by atoms with Crippen molar-refractivity contribution in [1.29, 1.82) is 0 Å². The summed E-state index contributed by atoms with van der Waals surface area (Å²) in [6.07, 6.45) is 0. The van der Waals surface area contributed by atoms with Gasteiger partial charge in [0.2, 0.25) is 0 Å². The maximum absolute atomic E-state index is 12.7. The SMILES string of the molecule is Clc1cccc(NCc2ccc(Cl)cc2Cl)c1.O=C(c1cc(Cl)cc(Cl)c1)c1ccc(NCc2ccc(Cl)cc2Cl)cc1Cl. The van der Waals surface area contributed by atoms with Gasteiger partial charge in [0.05, 0.1) is 5.02 Å². The monoisotopic (exact) mass is 742 g/mol. The highest BCUT2D eigenvalue weighted by atomic mass is 35.5. The van der Waals surface area contributed by atoms with Crippen LogP contribution in [0.4, 0.5) is 11.4 Å². The van der Waals surface area contributed by atoms with Crippen LogP contribution in [0.25, 0.3) is 0 Å². The Morgan fingerprint density at radius 3 is 1.50 bits per heavy atom. The van der Waals surface area contributed by atoms with Gasteiger partial charge in [-0.1, -0.05) is 111 Å². The minimum absolute atomic E-state index is 0.253. The topological polar surface area (TPSA) is 41.1 Å². The number of ketones is 1. The fourth-order valence-electron chi connectivity index (χ4n) is 3.97. The Morgan fingerprint density at radius 2 is 1.00 bits per heavy atom. The molecule has 0 saturated carbocycles. The largest absolute Gasteiger partial charge is 0.381 e. The highest BCUT2D eigenvalue weighted by Gasteiger charge is 2.15. The van der Waals surface area contributed by atoms with E-state index < -0.39 is 0 Å². The fourth-order valence-corrected chi connectivity index (χ4v) is 5.91. The summed E-state index contributed by atoms with van der Waals surface area (Å²) in [5.74, 6) is -0.253. The van der Waals surface area contributed by atoms with Crippen LogP contribution in [0.2, 0.25) is 40.2 Å². The number of nitrogens with one attached hydrogen (secondary N) is 2. The molecule has 226 valence electrons. The van der Waals surface area contributed by atoms with Crippen molar-refractivity contribution >= 4 is 110 Å². The third kappa shape index (κ3) is 10.1. The van der Waals surface area contributed by atoms with Crippen LogP contribution >= 0.6 is 92.8 Å². The lowest BCUT2D eigenvalue weighted by Crippen LogP contribution is -2.04. The van der Waals surface area contributed by atoms with Crippen LogP contribution in [-0.2, 0) is 13.1 Å². The maximum atomic E-state index is 12.7. The van der Waals surface area contributed by atoms with E-state index in [1.54, 1.807) is 54.6 Å². The van der Waals surface area contributed by atoms with E-state index in [-0.39, 0.29) is 5.78 Å². The predicted octanol–water partition coefficient (Wildman–Crippen LogP) is 13.1. The molecule has 0 fully saturated rings. The molecule has 5 aromatic carbocycles. The fraction of sp³-hybridized carbons (Fsp3) is 0.0606. The van der Waals surface area contributed by atoms with Crippen LogP contribution in [0.1, 0.15) is 27.0 Å². The first-order valence-electron chi connectivity index (χ1n) is 12.9. The molecule has 0 radical (unpaired) electrons. The lowest BCUT2D eigenvalue weighted by atomic mass is 10.0. The van der Waals surface area contributed by atoms with Crippen molar-refractivity contribution in [1.82, 2.24) is 0 Å². The number of anilines is 2. The molecule has 0 aliphatic heterocycles. The molecule has 0 saturated heterocycles. The molecule has 2 N–H and O–H groups in total. The van der Waals surface area contributed by atoms with Gasteiger partial charge in [-0.2, -0.15) is 0 Å². The van der Waals surface area contributed by atoms with Gasteiger partial charge < -0.3 is 10.6 Å². The molecule has 0 spiro atoms. The summed E-state index contributed by atoms with van der Waals surface area (Å²) in [6, 6.07) is 28.1. The van der Waals surface area contributed by atoms with E-state index in [0.29, 0.717) is 64.4 Å². The van der Waals surface area contributed by atoms with Crippen LogP contribution < -0.4 is 10.6 Å². The van der Waals surface area contributed by atoms with Gasteiger partial charge >= 0.3 is 0 Å². The number of rotatable bonds is 8. The summed E-state index contributed by atoms with van der Waals surface area (Å²) in [7, 11) is 0. The normalized spacial score (nSPS) is 10.5. The Hall–Kier alpha value is -2.31. The van der Waals surface area contributed by atoms with Crippen molar-refractivity contribution in [2.24, 2.45) is 0 Å². The minimum atomic E-state index is -0.253. The predicted molar refractivity (Wildman–Crippen MR) is 190 cm³/mol. The van der Waals surface area contributed by atoms with E-state index in [9.17, 15) is 4.79 Å². The van der Waals surface area contributed by atoms with Crippen LogP contribution in [-0.4, -0.2) is 5.78 Å². The molecule has 0 unspecified atom stereocenters. The Morgan fingerprint density at radius 1 is 0.477 bits per heavy atom. The molecular weight excluding hydrogens is 724 g/mol. The first kappa shape index (κ1) is 34.6. The summed E-state index contributed by atoms with van der Waals surface area (Å²) in [5, 5.41) is 10.7. The van der Waals surface area contributed by atoms with E-state index in [2.05, 4.69) is 10.6 Å². The van der Waals surface area contributed by atoms with E-state index in [1.165, 1.54) is 0 Å². The van der Waals surface area contributed by atoms with Crippen LogP contribution in [0.15, 0.2) is 97.1 Å². The lowest BCUT2D eigenvalue weighted by molar-refractivity contribution is 0.103. The van der Waals surface area contributed by atoms with Crippen molar-refractivity contribution < 1.29 is 4.79 Å². The average molecular weight is 746 g/mol. The molecule has 5 aromatic rings. The van der Waals surface area contributed by atoms with Crippen LogP contribution in [0.5, 0.6) is 0 Å². The zero-order valence-electron chi connectivity index (χ0n) is 22.6. The van der Waals surface area contributed by atoms with Crippen LogP contribution in [0.3, 0.4) is 0 Å². The van der Waals surface area contributed by atoms with Crippen LogP contribution in [0, 0.1) is 0 Å². The number of benzene rings is 5. The highest BCUT2D eigenvalue weighted by molar-refractivity contribution is 6.37. The van der Waals surface area contributed by atoms with Gasteiger partial charge in [-0.15, -0.1) is 0 Å². The first-order chi connectivity index (χ1) is 21.0. The molecule has 0 aromatic heterocycles. The molecule has 0 amide bonds. The molecule has 0 heterocycles. The summed E-state index contributed by atoms with van der Waals surface area (Å²) in [5.41, 5.74) is 4.35. The van der Waals surface area contributed by atoms with Gasteiger partial charge in [0.15, 0.2) is 5.78 Å². The zero-order valence-corrected chi connectivity index (χ0v) is 28.6. The summed E-state index contributed by atoms with van der Waals surface area (Å²) in [6.45, 7) is 1.12. The molecule has 5 rings (SSSR count). The molecule has 44 heavy (non-hydrogen) atoms. The maximum Gasteiger partial charge on any atom is 0.194 e. The van der Waals surface area contributed by atoms with Gasteiger partial charge in [-0.05, 0) is 90.0 Å². The molecule has 0 aliphatic rings. The molecule has 0 atom stereocenters. The Bertz CT molecular complexity index is 1770. The van der Waals surface area contributed by atoms with Gasteiger partial charge in [-0.3, -0.25) is 4.79 Å². The number of carbonyl (C=O) groups excluding carboxylic acids is 1. The number of halogens is 8. The van der Waals surface area contributed by atoms with E-state index in [1.807, 2.05) is 42.5 Å². The molecule has 0 bridgehead atoms. The Labute approximate surface area is 295 Å². The first-order valence-corrected chi connectivity index (χ1v) is 15.9. The minimum Gasteiger partial charge on any atom is -0.381 e. The lowest BCUT2D eigenvalue weighted by Gasteiger charge is -2.11. The summed E-state index contributed by atoms with van der Waals surface area (Å²) >= 11 is 48.1. The van der Waals surface area contributed by atoms with Crippen molar-refractivity contribution in [3.05, 3.63) is 159 Å². The molecule has 3 nitrogen and oxygen atoms in total. The summed E-state index contributed by atoms with van der Waals surface area (Å²) in [4.78, 5) is 12.7. The van der Waals surface area contributed by atoms with Gasteiger partial charge in [-0.25, -0.2) is 0 Å². The average Bonchev–Trinajstić information content (AvgIpc) is 2.96. The van der Waals surface area contributed by atoms with E-state index >= 15 is 0 Å². The van der Waals surface area contributed by atoms with E-state index in [0.717, 1.165) is 22.5 Å². The zero-order chi connectivity index (χ0) is 31.8. The second-order valence-electron chi connectivity index (χ2n) is 9.37. The molecular formula is C33H22Cl8N2O. The van der Waals surface area contributed by atoms with E-state index in [4.69, 9.17) is 92.8 Å². The summed E-state index contributed by atoms with van der Waals surface area (Å²) < 4.78 is 0. The quantitative estimate of drug-likeness (QED) is 0.155. The number of hydrogen-bond acceptors (Lipinski definition) is 3. The molecule has 0 aliphatic carbocycles. The van der Waals surface area contributed by atoms with Crippen molar-refractivity contribution in [2.75, 3.05) is 10.6 Å². The standard InChI is InChI=1S/C20H12Cl5NO.C13H10Cl3N/c21-13-2-1-11(18(24)8-13)10-26-16-3-4-17(19(25)9-16)20(27)12-5-14(22)7-15(23)6-12;14-10-2-1-3-12(6-10)17-8-9-4-5-11(15)7-13(9)16/h1-9,26H,10H2;1-7,17H,8H2. The number of hydrogen-bond donors (Lipinski definition) is 2. The third-order valence-electron chi connectivity index (χ3n) is 6.16. The van der Waals surface area contributed by atoms with Gasteiger partial charge in [0.1, 0.15) is 0 Å². The Kier molecular flexibility index (Phi) is 12.8. The highest BCUT2D eigenvalue weighted by Crippen LogP contribution is 2.28. The third-order valence-corrected chi connectivity index (χ3v) is 8.32. The molecule has 11 heteroatoms. The van der Waals surface area contributed by atoms with Crippen molar-refractivity contribution in [2.45, 2.75) is 13.1 Å². The smallest absolute Gasteiger partial charge is 0.194 e. The second-order valence-corrected chi connectivity index (χ2v) is 12.8. The van der Waals surface area contributed by atoms with Gasteiger partial charge in [0, 0.05) is 70.7 Å². The Balaban J connectivity index is 0.000000223. The number of carbonyl (C=O) groups is 1. The van der Waals surface area contributed by atoms with Crippen molar-refractivity contribution in [3.8, 4) is 0 Å². The second kappa shape index (κ2) is 16.3. The van der Waals surface area contributed by atoms with Gasteiger partial charge in [0.25, 0.3) is 0 Å².